The number of benzene rings is 1. The van der Waals surface area contributed by atoms with Crippen LogP contribution >= 0.6 is 0 Å². The molecule has 2 heteroatoms. The molecule has 1 saturated heterocycles. The van der Waals surface area contributed by atoms with Crippen LogP contribution < -0.4 is 5.32 Å². The zero-order valence-corrected chi connectivity index (χ0v) is 11.5. The third-order valence-corrected chi connectivity index (χ3v) is 3.81. The Hall–Kier alpha value is -1.15. The minimum absolute atomic E-state index is 0.292. The third kappa shape index (κ3) is 3.42. The normalized spacial score (nSPS) is 19.8. The van der Waals surface area contributed by atoms with Gasteiger partial charge in [0, 0.05) is 18.0 Å². The van der Waals surface area contributed by atoms with Crippen molar-refractivity contribution in [3.63, 3.8) is 0 Å². The van der Waals surface area contributed by atoms with Gasteiger partial charge in [0.15, 0.2) is 5.78 Å². The summed E-state index contributed by atoms with van der Waals surface area (Å²) in [5.41, 5.74) is 3.23. The summed E-state index contributed by atoms with van der Waals surface area (Å²) < 4.78 is 0. The van der Waals surface area contributed by atoms with Gasteiger partial charge < -0.3 is 5.32 Å². The van der Waals surface area contributed by atoms with Crippen LogP contribution in [0.4, 0.5) is 0 Å². The van der Waals surface area contributed by atoms with Crippen LogP contribution in [0.3, 0.4) is 0 Å². The second kappa shape index (κ2) is 6.14. The lowest BCUT2D eigenvalue weighted by Gasteiger charge is -2.23. The Morgan fingerprint density at radius 1 is 1.33 bits per heavy atom. The molecule has 2 rings (SSSR count). The predicted molar refractivity (Wildman–Crippen MR) is 75.1 cm³/mol. The summed E-state index contributed by atoms with van der Waals surface area (Å²) in [7, 11) is 0. The van der Waals surface area contributed by atoms with Gasteiger partial charge in [0.2, 0.25) is 0 Å². The van der Waals surface area contributed by atoms with Crippen molar-refractivity contribution in [1.29, 1.82) is 0 Å². The van der Waals surface area contributed by atoms with Gasteiger partial charge in [-0.25, -0.2) is 0 Å². The van der Waals surface area contributed by atoms with Gasteiger partial charge in [0.1, 0.15) is 0 Å². The van der Waals surface area contributed by atoms with Crippen LogP contribution in [0.25, 0.3) is 0 Å². The molecule has 0 spiro atoms. The van der Waals surface area contributed by atoms with E-state index in [4.69, 9.17) is 0 Å². The van der Waals surface area contributed by atoms with Gasteiger partial charge in [-0.15, -0.1) is 0 Å². The minimum Gasteiger partial charge on any atom is -0.314 e. The molecule has 1 N–H and O–H groups in total. The fourth-order valence-electron chi connectivity index (χ4n) is 2.74. The van der Waals surface area contributed by atoms with Crippen molar-refractivity contribution in [2.24, 2.45) is 0 Å². The molecular weight excluding hydrogens is 222 g/mol. The number of piperidine rings is 1. The van der Waals surface area contributed by atoms with E-state index >= 15 is 0 Å². The Kier molecular flexibility index (Phi) is 4.54. The van der Waals surface area contributed by atoms with Crippen molar-refractivity contribution >= 4 is 5.78 Å². The Balaban J connectivity index is 1.90. The number of carbonyl (C=O) groups is 1. The molecule has 0 amide bonds. The van der Waals surface area contributed by atoms with E-state index in [-0.39, 0.29) is 0 Å². The average Bonchev–Trinajstić information content (AvgIpc) is 2.37. The van der Waals surface area contributed by atoms with Crippen molar-refractivity contribution in [3.8, 4) is 0 Å². The van der Waals surface area contributed by atoms with Gasteiger partial charge in [0.25, 0.3) is 0 Å². The van der Waals surface area contributed by atoms with Crippen molar-refractivity contribution in [3.05, 3.63) is 34.9 Å². The molecule has 98 valence electrons. The summed E-state index contributed by atoms with van der Waals surface area (Å²) in [6.45, 7) is 5.20. The molecule has 1 aliphatic heterocycles. The highest BCUT2D eigenvalue weighted by Crippen LogP contribution is 2.17. The number of aryl methyl sites for hydroxylation is 2. The molecule has 0 aromatic heterocycles. The lowest BCUT2D eigenvalue weighted by Crippen LogP contribution is -2.34. The molecule has 0 bridgehead atoms. The largest absolute Gasteiger partial charge is 0.314 e. The van der Waals surface area contributed by atoms with E-state index in [0.29, 0.717) is 18.2 Å². The van der Waals surface area contributed by atoms with E-state index < -0.39 is 0 Å². The molecule has 0 saturated carbocycles. The summed E-state index contributed by atoms with van der Waals surface area (Å²) in [6, 6.07) is 6.64. The zero-order chi connectivity index (χ0) is 13.0. The van der Waals surface area contributed by atoms with Crippen molar-refractivity contribution in [1.82, 2.24) is 5.32 Å². The first-order valence-corrected chi connectivity index (χ1v) is 7.00. The van der Waals surface area contributed by atoms with E-state index in [0.717, 1.165) is 24.1 Å². The first kappa shape index (κ1) is 13.3. The maximum atomic E-state index is 12.2. The number of Topliss-reactive ketones (excluding diaryl/α,β-unsaturated/α-hetero) is 1. The van der Waals surface area contributed by atoms with Crippen LogP contribution in [-0.2, 0) is 0 Å². The van der Waals surface area contributed by atoms with Gasteiger partial charge in [0.05, 0.1) is 0 Å². The fraction of sp³-hybridized carbons (Fsp3) is 0.562. The number of carbonyl (C=O) groups excluding carboxylic acids is 1. The standard InChI is InChI=1S/C16H23NO/c1-12-6-8-15(13(2)11-12)16(18)9-7-14-5-3-4-10-17-14/h6,8,11,14,17H,3-5,7,9-10H2,1-2H3. The molecule has 0 aliphatic carbocycles. The molecule has 2 nitrogen and oxygen atoms in total. The third-order valence-electron chi connectivity index (χ3n) is 3.81. The van der Waals surface area contributed by atoms with E-state index in [2.05, 4.69) is 18.3 Å². The van der Waals surface area contributed by atoms with Gasteiger partial charge >= 0.3 is 0 Å². The van der Waals surface area contributed by atoms with Crippen molar-refractivity contribution < 1.29 is 4.79 Å². The molecule has 1 aliphatic rings. The number of rotatable bonds is 4. The molecule has 1 unspecified atom stereocenters. The van der Waals surface area contributed by atoms with E-state index in [1.54, 1.807) is 0 Å². The monoisotopic (exact) mass is 245 g/mol. The molecule has 1 fully saturated rings. The molecule has 1 heterocycles. The first-order chi connectivity index (χ1) is 8.66. The predicted octanol–water partition coefficient (Wildman–Crippen LogP) is 3.41. The highest BCUT2D eigenvalue weighted by atomic mass is 16.1. The SMILES string of the molecule is Cc1ccc(C(=O)CCC2CCCCN2)c(C)c1. The van der Waals surface area contributed by atoms with Crippen molar-refractivity contribution in [2.75, 3.05) is 6.54 Å². The molecular formula is C16H23NO. The molecule has 1 aromatic rings. The maximum Gasteiger partial charge on any atom is 0.163 e. The lowest BCUT2D eigenvalue weighted by molar-refractivity contribution is 0.0973. The Labute approximate surface area is 110 Å². The topological polar surface area (TPSA) is 29.1 Å². The Bertz CT molecular complexity index is 419. The lowest BCUT2D eigenvalue weighted by atomic mass is 9.95. The molecule has 1 atom stereocenters. The fourth-order valence-corrected chi connectivity index (χ4v) is 2.74. The van der Waals surface area contributed by atoms with Gasteiger partial charge in [-0.1, -0.05) is 30.2 Å². The Morgan fingerprint density at radius 2 is 2.17 bits per heavy atom. The van der Waals surface area contributed by atoms with Gasteiger partial charge in [-0.3, -0.25) is 4.79 Å². The molecule has 1 aromatic carbocycles. The van der Waals surface area contributed by atoms with E-state index in [1.165, 1.54) is 24.8 Å². The van der Waals surface area contributed by atoms with Gasteiger partial charge in [-0.2, -0.15) is 0 Å². The zero-order valence-electron chi connectivity index (χ0n) is 11.5. The highest BCUT2D eigenvalue weighted by molar-refractivity contribution is 5.97. The molecule has 18 heavy (non-hydrogen) atoms. The molecule has 0 radical (unpaired) electrons. The second-order valence-electron chi connectivity index (χ2n) is 5.43. The van der Waals surface area contributed by atoms with Crippen LogP contribution in [0.15, 0.2) is 18.2 Å². The number of ketones is 1. The quantitative estimate of drug-likeness (QED) is 0.824. The number of hydrogen-bond acceptors (Lipinski definition) is 2. The van der Waals surface area contributed by atoms with E-state index in [1.807, 2.05) is 19.1 Å². The maximum absolute atomic E-state index is 12.2. The van der Waals surface area contributed by atoms with Crippen LogP contribution in [0.5, 0.6) is 0 Å². The highest BCUT2D eigenvalue weighted by Gasteiger charge is 2.15. The summed E-state index contributed by atoms with van der Waals surface area (Å²) >= 11 is 0. The van der Waals surface area contributed by atoms with Crippen LogP contribution in [-0.4, -0.2) is 18.4 Å². The van der Waals surface area contributed by atoms with Crippen molar-refractivity contribution in [2.45, 2.75) is 52.0 Å². The average molecular weight is 245 g/mol. The Morgan fingerprint density at radius 3 is 2.83 bits per heavy atom. The van der Waals surface area contributed by atoms with Crippen LogP contribution in [0.2, 0.25) is 0 Å². The number of hydrogen-bond donors (Lipinski definition) is 1. The second-order valence-corrected chi connectivity index (χ2v) is 5.43. The summed E-state index contributed by atoms with van der Waals surface area (Å²) in [5.74, 6) is 0.292. The summed E-state index contributed by atoms with van der Waals surface area (Å²) in [6.07, 6.45) is 5.45. The minimum atomic E-state index is 0.292. The van der Waals surface area contributed by atoms with Crippen LogP contribution in [0, 0.1) is 13.8 Å². The summed E-state index contributed by atoms with van der Waals surface area (Å²) in [4.78, 5) is 12.2. The number of nitrogens with one attached hydrogen (secondary N) is 1. The smallest absolute Gasteiger partial charge is 0.163 e. The van der Waals surface area contributed by atoms with Gasteiger partial charge in [-0.05, 0) is 45.2 Å². The van der Waals surface area contributed by atoms with Crippen LogP contribution in [0.1, 0.15) is 53.6 Å². The first-order valence-electron chi connectivity index (χ1n) is 7.00. The van der Waals surface area contributed by atoms with E-state index in [9.17, 15) is 4.79 Å². The summed E-state index contributed by atoms with van der Waals surface area (Å²) in [5, 5.41) is 3.50.